The third-order valence-electron chi connectivity index (χ3n) is 2.50. The molecular weight excluding hydrogens is 324 g/mol. The quantitative estimate of drug-likeness (QED) is 0.680. The van der Waals surface area contributed by atoms with Gasteiger partial charge in [0.25, 0.3) is 0 Å². The molecule has 7 heteroatoms. The zero-order chi connectivity index (χ0) is 14.2. The monoisotopic (exact) mass is 331 g/mol. The van der Waals surface area contributed by atoms with Gasteiger partial charge in [-0.25, -0.2) is 13.6 Å². The largest absolute Gasteiger partial charge is 0.462 e. The molecule has 0 saturated carbocycles. The van der Waals surface area contributed by atoms with E-state index in [9.17, 15) is 18.4 Å². The molecular formula is C12H8BrF2NO3. The summed E-state index contributed by atoms with van der Waals surface area (Å²) >= 11 is 2.71. The molecule has 0 aliphatic carbocycles. The van der Waals surface area contributed by atoms with E-state index in [-0.39, 0.29) is 23.1 Å². The molecule has 0 atom stereocenters. The normalized spacial score (nSPS) is 10.7. The molecule has 1 N–H and O–H groups in total. The molecule has 0 aliphatic rings. The molecule has 0 fully saturated rings. The SMILES string of the molecule is CCOC(=O)c1c[nH]c2cc(F)c(Br)c(F)c2c1=O. The second-order valence-electron chi connectivity index (χ2n) is 3.66. The Hall–Kier alpha value is -1.76. The molecule has 0 radical (unpaired) electrons. The van der Waals surface area contributed by atoms with Crippen LogP contribution in [-0.4, -0.2) is 17.6 Å². The Balaban J connectivity index is 2.78. The molecule has 19 heavy (non-hydrogen) atoms. The van der Waals surface area contributed by atoms with Crippen LogP contribution in [0, 0.1) is 11.6 Å². The second-order valence-corrected chi connectivity index (χ2v) is 4.45. The van der Waals surface area contributed by atoms with Crippen LogP contribution in [0.5, 0.6) is 0 Å². The number of esters is 1. The highest BCUT2D eigenvalue weighted by molar-refractivity contribution is 9.10. The van der Waals surface area contributed by atoms with E-state index >= 15 is 0 Å². The van der Waals surface area contributed by atoms with Gasteiger partial charge in [0.2, 0.25) is 5.43 Å². The zero-order valence-corrected chi connectivity index (χ0v) is 11.3. The minimum Gasteiger partial charge on any atom is -0.462 e. The van der Waals surface area contributed by atoms with E-state index in [4.69, 9.17) is 0 Å². The van der Waals surface area contributed by atoms with E-state index in [0.717, 1.165) is 12.3 Å². The van der Waals surface area contributed by atoms with Crippen LogP contribution >= 0.6 is 15.9 Å². The van der Waals surface area contributed by atoms with Crippen molar-refractivity contribution in [2.45, 2.75) is 6.92 Å². The van der Waals surface area contributed by atoms with Gasteiger partial charge in [-0.2, -0.15) is 0 Å². The molecule has 0 amide bonds. The Morgan fingerprint density at radius 3 is 2.79 bits per heavy atom. The lowest BCUT2D eigenvalue weighted by Gasteiger charge is -2.05. The van der Waals surface area contributed by atoms with Crippen molar-refractivity contribution in [2.75, 3.05) is 6.61 Å². The third-order valence-corrected chi connectivity index (χ3v) is 3.23. The number of pyridine rings is 1. The van der Waals surface area contributed by atoms with Gasteiger partial charge in [0.15, 0.2) is 5.82 Å². The van der Waals surface area contributed by atoms with Crippen molar-refractivity contribution in [3.63, 3.8) is 0 Å². The fourth-order valence-electron chi connectivity index (χ4n) is 1.64. The Morgan fingerprint density at radius 2 is 2.16 bits per heavy atom. The highest BCUT2D eigenvalue weighted by Gasteiger charge is 2.19. The Morgan fingerprint density at radius 1 is 1.47 bits per heavy atom. The second kappa shape index (κ2) is 5.08. The minimum atomic E-state index is -1.05. The maximum Gasteiger partial charge on any atom is 0.343 e. The molecule has 0 spiro atoms. The summed E-state index contributed by atoms with van der Waals surface area (Å²) in [5.74, 6) is -2.75. The maximum absolute atomic E-state index is 13.9. The highest BCUT2D eigenvalue weighted by atomic mass is 79.9. The average molecular weight is 332 g/mol. The first kappa shape index (κ1) is 13.7. The molecule has 0 aliphatic heterocycles. The lowest BCUT2D eigenvalue weighted by molar-refractivity contribution is 0.0524. The number of aromatic amines is 1. The van der Waals surface area contributed by atoms with Crippen molar-refractivity contribution in [2.24, 2.45) is 0 Å². The fraction of sp³-hybridized carbons (Fsp3) is 0.167. The predicted octanol–water partition coefficient (Wildman–Crippen LogP) is 2.75. The van der Waals surface area contributed by atoms with Crippen LogP contribution in [0.15, 0.2) is 21.5 Å². The van der Waals surface area contributed by atoms with Crippen molar-refractivity contribution < 1.29 is 18.3 Å². The molecule has 2 rings (SSSR count). The van der Waals surface area contributed by atoms with Gasteiger partial charge in [0.05, 0.1) is 22.0 Å². The van der Waals surface area contributed by atoms with E-state index in [1.807, 2.05) is 0 Å². The van der Waals surface area contributed by atoms with E-state index < -0.39 is 27.5 Å². The van der Waals surface area contributed by atoms with Gasteiger partial charge < -0.3 is 9.72 Å². The Labute approximate surface area is 114 Å². The summed E-state index contributed by atoms with van der Waals surface area (Å²) in [7, 11) is 0. The maximum atomic E-state index is 13.9. The van der Waals surface area contributed by atoms with Crippen LogP contribution in [0.2, 0.25) is 0 Å². The predicted molar refractivity (Wildman–Crippen MR) is 68.1 cm³/mol. The number of nitrogens with one attached hydrogen (secondary N) is 1. The highest BCUT2D eigenvalue weighted by Crippen LogP contribution is 2.25. The summed E-state index contributed by atoms with van der Waals surface area (Å²) in [5.41, 5.74) is -1.20. The Bertz CT molecular complexity index is 727. The smallest absolute Gasteiger partial charge is 0.343 e. The van der Waals surface area contributed by atoms with Gasteiger partial charge in [-0.15, -0.1) is 0 Å². The van der Waals surface area contributed by atoms with Gasteiger partial charge in [0, 0.05) is 6.20 Å². The first-order chi connectivity index (χ1) is 8.97. The molecule has 0 unspecified atom stereocenters. The van der Waals surface area contributed by atoms with Crippen LogP contribution in [0.1, 0.15) is 17.3 Å². The number of hydrogen-bond donors (Lipinski definition) is 1. The average Bonchev–Trinajstić information content (AvgIpc) is 2.36. The number of hydrogen-bond acceptors (Lipinski definition) is 3. The van der Waals surface area contributed by atoms with Gasteiger partial charge in [0.1, 0.15) is 11.4 Å². The fourth-order valence-corrected chi connectivity index (χ4v) is 1.95. The molecule has 1 heterocycles. The van der Waals surface area contributed by atoms with Crippen molar-refractivity contribution in [3.05, 3.63) is 44.2 Å². The van der Waals surface area contributed by atoms with E-state index in [2.05, 4.69) is 25.7 Å². The minimum absolute atomic E-state index is 0.0313. The van der Waals surface area contributed by atoms with Crippen LogP contribution in [0.25, 0.3) is 10.9 Å². The molecule has 0 bridgehead atoms. The molecule has 1 aromatic heterocycles. The lowest BCUT2D eigenvalue weighted by atomic mass is 10.1. The number of ether oxygens (including phenoxy) is 1. The lowest BCUT2D eigenvalue weighted by Crippen LogP contribution is -2.19. The first-order valence-corrected chi connectivity index (χ1v) is 6.12. The number of fused-ring (bicyclic) bond motifs is 1. The van der Waals surface area contributed by atoms with Gasteiger partial charge in [-0.1, -0.05) is 0 Å². The van der Waals surface area contributed by atoms with Crippen LogP contribution in [0.3, 0.4) is 0 Å². The van der Waals surface area contributed by atoms with E-state index in [1.54, 1.807) is 6.92 Å². The van der Waals surface area contributed by atoms with E-state index in [1.165, 1.54) is 0 Å². The third kappa shape index (κ3) is 2.25. The summed E-state index contributed by atoms with van der Waals surface area (Å²) < 4.78 is 31.4. The number of aromatic nitrogens is 1. The van der Waals surface area contributed by atoms with Gasteiger partial charge >= 0.3 is 5.97 Å². The molecule has 1 aromatic carbocycles. The van der Waals surface area contributed by atoms with Crippen molar-refractivity contribution in [1.82, 2.24) is 4.98 Å². The number of rotatable bonds is 2. The van der Waals surface area contributed by atoms with Crippen molar-refractivity contribution in [1.29, 1.82) is 0 Å². The van der Waals surface area contributed by atoms with E-state index in [0.29, 0.717) is 0 Å². The number of carbonyl (C=O) groups excluding carboxylic acids is 1. The first-order valence-electron chi connectivity index (χ1n) is 5.33. The summed E-state index contributed by atoms with van der Waals surface area (Å²) in [6.45, 7) is 1.67. The van der Waals surface area contributed by atoms with Crippen molar-refractivity contribution >= 4 is 32.8 Å². The summed E-state index contributed by atoms with van der Waals surface area (Å²) in [6, 6.07) is 0.971. The summed E-state index contributed by atoms with van der Waals surface area (Å²) in [6.07, 6.45) is 1.08. The molecule has 100 valence electrons. The van der Waals surface area contributed by atoms with Crippen LogP contribution in [-0.2, 0) is 4.74 Å². The molecule has 2 aromatic rings. The van der Waals surface area contributed by atoms with Gasteiger partial charge in [-0.05, 0) is 28.9 Å². The standard InChI is InChI=1S/C12H8BrF2NO3/c1-2-19-12(18)5-4-16-7-3-6(14)9(13)10(15)8(7)11(5)17/h3-4H,2H2,1H3,(H,16,17). The van der Waals surface area contributed by atoms with Crippen molar-refractivity contribution in [3.8, 4) is 0 Å². The van der Waals surface area contributed by atoms with Crippen LogP contribution < -0.4 is 5.43 Å². The molecule has 0 saturated heterocycles. The number of H-pyrrole nitrogens is 1. The van der Waals surface area contributed by atoms with Gasteiger partial charge in [-0.3, -0.25) is 4.79 Å². The molecule has 4 nitrogen and oxygen atoms in total. The zero-order valence-electron chi connectivity index (χ0n) is 9.72. The summed E-state index contributed by atoms with van der Waals surface area (Å²) in [5, 5.41) is -0.390. The number of halogens is 3. The summed E-state index contributed by atoms with van der Waals surface area (Å²) in [4.78, 5) is 26.1. The Kier molecular flexibility index (Phi) is 3.66. The number of benzene rings is 1. The van der Waals surface area contributed by atoms with Crippen LogP contribution in [0.4, 0.5) is 8.78 Å². The number of carbonyl (C=O) groups is 1. The topological polar surface area (TPSA) is 59.2 Å².